The molecule has 1 aromatic heterocycles. The SMILES string of the molecule is Nc1nc(C(=O)N[C@H](O)[C@@H](O)[C@H](O)CCO)c(N)nc1C(=O)N[C@H](O)[C@@H](O)[C@H](O)CCO. The fourth-order valence-corrected chi connectivity index (χ4v) is 2.40. The molecular weight excluding hydrogens is 436 g/mol. The number of anilines is 2. The van der Waals surface area contributed by atoms with Gasteiger partial charge in [0.2, 0.25) is 0 Å². The number of hydrogen-bond acceptors (Lipinski definition) is 14. The van der Waals surface area contributed by atoms with Crippen molar-refractivity contribution in [1.82, 2.24) is 20.6 Å². The number of hydrogen-bond donors (Lipinski definition) is 12. The number of nitrogen functional groups attached to an aromatic ring is 2. The van der Waals surface area contributed by atoms with Crippen LogP contribution in [0.2, 0.25) is 0 Å². The number of aromatic nitrogens is 2. The number of aliphatic hydroxyl groups excluding tert-OH is 8. The summed E-state index contributed by atoms with van der Waals surface area (Å²) in [7, 11) is 0. The third-order valence-electron chi connectivity index (χ3n) is 4.22. The van der Waals surface area contributed by atoms with Crippen molar-refractivity contribution >= 4 is 23.5 Å². The molecule has 0 aliphatic heterocycles. The van der Waals surface area contributed by atoms with Gasteiger partial charge in [-0.3, -0.25) is 9.59 Å². The Labute approximate surface area is 181 Å². The number of rotatable bonds is 12. The van der Waals surface area contributed by atoms with Gasteiger partial charge in [0.1, 0.15) is 12.2 Å². The van der Waals surface area contributed by atoms with Gasteiger partial charge in [-0.1, -0.05) is 0 Å². The molecule has 1 rings (SSSR count). The van der Waals surface area contributed by atoms with Crippen molar-refractivity contribution in [1.29, 1.82) is 0 Å². The molecule has 32 heavy (non-hydrogen) atoms. The largest absolute Gasteiger partial charge is 0.396 e. The van der Waals surface area contributed by atoms with Crippen LogP contribution < -0.4 is 22.1 Å². The number of nitrogens with one attached hydrogen (secondary N) is 2. The van der Waals surface area contributed by atoms with Gasteiger partial charge in [0.05, 0.1) is 12.2 Å². The van der Waals surface area contributed by atoms with Gasteiger partial charge in [-0.05, 0) is 12.8 Å². The Kier molecular flexibility index (Phi) is 10.6. The summed E-state index contributed by atoms with van der Waals surface area (Å²) in [5, 5.41) is 79.3. The van der Waals surface area contributed by atoms with Crippen LogP contribution in [-0.4, -0.2) is 113 Å². The third-order valence-corrected chi connectivity index (χ3v) is 4.22. The first-order chi connectivity index (χ1) is 14.9. The maximum atomic E-state index is 12.2. The van der Waals surface area contributed by atoms with E-state index in [0.29, 0.717) is 0 Å². The molecular formula is C16H28N6O10. The maximum absolute atomic E-state index is 12.2. The summed E-state index contributed by atoms with van der Waals surface area (Å²) in [6.45, 7) is -0.965. The molecule has 0 aliphatic carbocycles. The minimum Gasteiger partial charge on any atom is -0.396 e. The van der Waals surface area contributed by atoms with Crippen LogP contribution in [0.3, 0.4) is 0 Å². The first-order valence-electron chi connectivity index (χ1n) is 9.29. The Hall–Kier alpha value is -2.70. The average Bonchev–Trinajstić information content (AvgIpc) is 2.73. The molecule has 2 amide bonds. The molecule has 0 radical (unpaired) electrons. The molecule has 0 saturated carbocycles. The fourth-order valence-electron chi connectivity index (χ4n) is 2.40. The number of nitrogens with two attached hydrogens (primary N) is 2. The molecule has 16 nitrogen and oxygen atoms in total. The highest BCUT2D eigenvalue weighted by Gasteiger charge is 2.30. The lowest BCUT2D eigenvalue weighted by atomic mass is 10.1. The van der Waals surface area contributed by atoms with E-state index in [9.17, 15) is 40.2 Å². The van der Waals surface area contributed by atoms with E-state index in [4.69, 9.17) is 21.7 Å². The van der Waals surface area contributed by atoms with Gasteiger partial charge in [0.15, 0.2) is 35.5 Å². The normalized spacial score (nSPS) is 17.0. The van der Waals surface area contributed by atoms with Gasteiger partial charge < -0.3 is 63.0 Å². The summed E-state index contributed by atoms with van der Waals surface area (Å²) >= 11 is 0. The van der Waals surface area contributed by atoms with Gasteiger partial charge in [-0.2, -0.15) is 0 Å². The van der Waals surface area contributed by atoms with E-state index < -0.39 is 84.9 Å². The molecule has 182 valence electrons. The van der Waals surface area contributed by atoms with Gasteiger partial charge in [-0.15, -0.1) is 0 Å². The number of nitrogens with zero attached hydrogens (tertiary/aromatic N) is 2. The van der Waals surface area contributed by atoms with E-state index >= 15 is 0 Å². The highest BCUT2D eigenvalue weighted by Crippen LogP contribution is 2.14. The Balaban J connectivity index is 2.92. The summed E-state index contributed by atoms with van der Waals surface area (Å²) in [6.07, 6.45) is -11.3. The van der Waals surface area contributed by atoms with Crippen LogP contribution in [0.1, 0.15) is 33.8 Å². The van der Waals surface area contributed by atoms with Gasteiger partial charge in [0, 0.05) is 13.2 Å². The lowest BCUT2D eigenvalue weighted by Gasteiger charge is -2.23. The number of carbonyl (C=O) groups is 2. The molecule has 0 aromatic carbocycles. The molecule has 6 atom stereocenters. The highest BCUT2D eigenvalue weighted by atomic mass is 16.4. The summed E-state index contributed by atoms with van der Waals surface area (Å²) in [6, 6.07) is 0. The average molecular weight is 464 g/mol. The van der Waals surface area contributed by atoms with E-state index in [-0.39, 0.29) is 12.8 Å². The first kappa shape index (κ1) is 27.3. The second kappa shape index (κ2) is 12.4. The molecule has 0 spiro atoms. The molecule has 0 fully saturated rings. The number of amides is 2. The van der Waals surface area contributed by atoms with Gasteiger partial charge in [-0.25, -0.2) is 9.97 Å². The number of carbonyl (C=O) groups excluding carboxylic acids is 2. The van der Waals surface area contributed by atoms with E-state index in [1.54, 1.807) is 0 Å². The van der Waals surface area contributed by atoms with Crippen molar-refractivity contribution in [2.24, 2.45) is 0 Å². The van der Waals surface area contributed by atoms with Crippen molar-refractivity contribution < 1.29 is 50.4 Å². The monoisotopic (exact) mass is 464 g/mol. The molecule has 0 saturated heterocycles. The Morgan fingerprint density at radius 3 is 1.31 bits per heavy atom. The first-order valence-corrected chi connectivity index (χ1v) is 9.29. The van der Waals surface area contributed by atoms with Crippen molar-refractivity contribution in [3.63, 3.8) is 0 Å². The van der Waals surface area contributed by atoms with Crippen molar-refractivity contribution in [3.8, 4) is 0 Å². The summed E-state index contributed by atoms with van der Waals surface area (Å²) in [4.78, 5) is 31.6. The Morgan fingerprint density at radius 1 is 0.719 bits per heavy atom. The standard InChI is InChI=1S/C16H28N6O10/c17-11-7(13(29)21-15(31)9(27)5(25)1-3-23)19-12(18)8(20-11)14(30)22-16(32)10(28)6(26)2-4-24/h5-6,9-10,15-16,23-28,31-32H,1-4H2,(H2,18,19)(H2,17,20)(H,21,29)(H,22,30)/t5-,6-,9+,10+,15-,16-/m1/s1. The van der Waals surface area contributed by atoms with Crippen molar-refractivity contribution in [2.75, 3.05) is 24.7 Å². The highest BCUT2D eigenvalue weighted by molar-refractivity contribution is 6.00. The molecule has 0 aliphatic rings. The number of aliphatic hydroxyl groups is 8. The minimum absolute atomic E-state index is 0.273. The maximum Gasteiger partial charge on any atom is 0.275 e. The quantitative estimate of drug-likeness (QED) is 0.128. The van der Waals surface area contributed by atoms with Crippen LogP contribution >= 0.6 is 0 Å². The molecule has 16 heteroatoms. The molecule has 14 N–H and O–H groups in total. The second-order valence-corrected chi connectivity index (χ2v) is 6.67. The topological polar surface area (TPSA) is 298 Å². The predicted molar refractivity (Wildman–Crippen MR) is 105 cm³/mol. The Bertz CT molecular complexity index is 720. The molecule has 1 aromatic rings. The fraction of sp³-hybridized carbons (Fsp3) is 0.625. The van der Waals surface area contributed by atoms with Crippen LogP contribution in [0, 0.1) is 0 Å². The van der Waals surface area contributed by atoms with Crippen molar-refractivity contribution in [3.05, 3.63) is 11.4 Å². The van der Waals surface area contributed by atoms with Crippen LogP contribution in [-0.2, 0) is 0 Å². The zero-order chi connectivity index (χ0) is 24.6. The van der Waals surface area contributed by atoms with Crippen LogP contribution in [0.4, 0.5) is 11.6 Å². The summed E-state index contributed by atoms with van der Waals surface area (Å²) in [5.74, 6) is -3.59. The molecule has 0 bridgehead atoms. The zero-order valence-electron chi connectivity index (χ0n) is 16.7. The van der Waals surface area contributed by atoms with Crippen LogP contribution in [0.25, 0.3) is 0 Å². The minimum atomic E-state index is -1.98. The van der Waals surface area contributed by atoms with E-state index in [2.05, 4.69) is 9.97 Å². The van der Waals surface area contributed by atoms with Gasteiger partial charge in [0.25, 0.3) is 11.8 Å². The van der Waals surface area contributed by atoms with Crippen LogP contribution in [0.5, 0.6) is 0 Å². The van der Waals surface area contributed by atoms with Gasteiger partial charge >= 0.3 is 0 Å². The van der Waals surface area contributed by atoms with Crippen LogP contribution in [0.15, 0.2) is 0 Å². The van der Waals surface area contributed by atoms with E-state index in [1.165, 1.54) is 0 Å². The predicted octanol–water partition coefficient (Wildman–Crippen LogP) is -6.05. The zero-order valence-corrected chi connectivity index (χ0v) is 16.7. The van der Waals surface area contributed by atoms with E-state index in [1.807, 2.05) is 10.6 Å². The summed E-state index contributed by atoms with van der Waals surface area (Å²) in [5.41, 5.74) is 9.90. The second-order valence-electron chi connectivity index (χ2n) is 6.67. The smallest absolute Gasteiger partial charge is 0.275 e. The summed E-state index contributed by atoms with van der Waals surface area (Å²) < 4.78 is 0. The molecule has 1 heterocycles. The van der Waals surface area contributed by atoms with E-state index in [0.717, 1.165) is 0 Å². The lowest BCUT2D eigenvalue weighted by molar-refractivity contribution is -0.0739. The Morgan fingerprint density at radius 2 is 1.03 bits per heavy atom. The molecule has 0 unspecified atom stereocenters. The van der Waals surface area contributed by atoms with Crippen molar-refractivity contribution in [2.45, 2.75) is 49.7 Å². The lowest BCUT2D eigenvalue weighted by Crippen LogP contribution is -2.49. The third kappa shape index (κ3) is 7.18.